The Kier molecular flexibility index (Phi) is 6.38. The van der Waals surface area contributed by atoms with Crippen molar-refractivity contribution in [1.82, 2.24) is 13.9 Å². The number of piperidine rings is 1. The number of nitrogens with one attached hydrogen (secondary N) is 1. The molecule has 0 unspecified atom stereocenters. The Balaban J connectivity index is 2.48. The van der Waals surface area contributed by atoms with Gasteiger partial charge in [-0.1, -0.05) is 0 Å². The number of carbonyl (C=O) groups is 1. The molecule has 0 spiro atoms. The zero-order valence-corrected chi connectivity index (χ0v) is 13.4. The summed E-state index contributed by atoms with van der Waals surface area (Å²) in [4.78, 5) is 12.0. The first kappa shape index (κ1) is 17.4. The summed E-state index contributed by atoms with van der Waals surface area (Å²) >= 11 is 0. The topological polar surface area (TPSA) is 79.0 Å². The molecule has 0 bridgehead atoms. The lowest BCUT2D eigenvalue weighted by Crippen LogP contribution is -2.48. The van der Waals surface area contributed by atoms with E-state index < -0.39 is 10.2 Å². The molecule has 1 N–H and O–H groups in total. The van der Waals surface area contributed by atoms with Crippen molar-refractivity contribution in [3.8, 4) is 0 Å². The molecule has 8 heteroatoms. The van der Waals surface area contributed by atoms with E-state index in [9.17, 15) is 13.2 Å². The SMILES string of the molecule is COC[C@H](C)NC(=O)C1CCN(S(=O)(=O)N(C)C)CC1. The van der Waals surface area contributed by atoms with Crippen molar-refractivity contribution in [2.75, 3.05) is 40.9 Å². The molecule has 1 fully saturated rings. The van der Waals surface area contributed by atoms with Crippen LogP contribution in [0.1, 0.15) is 19.8 Å². The van der Waals surface area contributed by atoms with Crippen molar-refractivity contribution in [3.05, 3.63) is 0 Å². The highest BCUT2D eigenvalue weighted by Crippen LogP contribution is 2.20. The first-order valence-corrected chi connectivity index (χ1v) is 8.15. The first-order chi connectivity index (χ1) is 9.28. The predicted molar refractivity (Wildman–Crippen MR) is 76.4 cm³/mol. The smallest absolute Gasteiger partial charge is 0.281 e. The lowest BCUT2D eigenvalue weighted by molar-refractivity contribution is -0.127. The molecule has 1 amide bonds. The third-order valence-corrected chi connectivity index (χ3v) is 5.36. The molecule has 0 aliphatic carbocycles. The van der Waals surface area contributed by atoms with Crippen LogP contribution in [0.25, 0.3) is 0 Å². The van der Waals surface area contributed by atoms with Crippen LogP contribution in [0.5, 0.6) is 0 Å². The summed E-state index contributed by atoms with van der Waals surface area (Å²) in [6.45, 7) is 3.13. The van der Waals surface area contributed by atoms with E-state index in [1.165, 1.54) is 22.7 Å². The van der Waals surface area contributed by atoms with Crippen LogP contribution in [0.15, 0.2) is 0 Å². The second-order valence-corrected chi connectivity index (χ2v) is 7.47. The van der Waals surface area contributed by atoms with Gasteiger partial charge in [-0.05, 0) is 19.8 Å². The standard InChI is InChI=1S/C12H25N3O4S/c1-10(9-19-4)13-12(16)11-5-7-15(8-6-11)20(17,18)14(2)3/h10-11H,5-9H2,1-4H3,(H,13,16)/t10-/m0/s1. The minimum Gasteiger partial charge on any atom is -0.383 e. The summed E-state index contributed by atoms with van der Waals surface area (Å²) in [6.07, 6.45) is 1.11. The average Bonchev–Trinajstić information content (AvgIpc) is 2.38. The number of ether oxygens (including phenoxy) is 1. The number of nitrogens with zero attached hydrogens (tertiary/aromatic N) is 2. The quantitative estimate of drug-likeness (QED) is 0.728. The molecule has 1 saturated heterocycles. The summed E-state index contributed by atoms with van der Waals surface area (Å²) in [5, 5.41) is 2.88. The Bertz CT molecular complexity index is 416. The van der Waals surface area contributed by atoms with Crippen molar-refractivity contribution >= 4 is 16.1 Å². The van der Waals surface area contributed by atoms with Gasteiger partial charge in [0.05, 0.1) is 6.61 Å². The third kappa shape index (κ3) is 4.41. The lowest BCUT2D eigenvalue weighted by atomic mass is 9.97. The fraction of sp³-hybridized carbons (Fsp3) is 0.917. The van der Waals surface area contributed by atoms with Gasteiger partial charge in [0.1, 0.15) is 0 Å². The number of hydrogen-bond donors (Lipinski definition) is 1. The number of amides is 1. The molecule has 1 heterocycles. The second-order valence-electron chi connectivity index (χ2n) is 5.33. The zero-order valence-electron chi connectivity index (χ0n) is 12.6. The number of rotatable bonds is 6. The van der Waals surface area contributed by atoms with Crippen molar-refractivity contribution in [2.45, 2.75) is 25.8 Å². The molecule has 0 aromatic carbocycles. The highest BCUT2D eigenvalue weighted by molar-refractivity contribution is 7.86. The minimum absolute atomic E-state index is 0.0172. The van der Waals surface area contributed by atoms with Crippen LogP contribution in [0.3, 0.4) is 0 Å². The van der Waals surface area contributed by atoms with Crippen LogP contribution >= 0.6 is 0 Å². The van der Waals surface area contributed by atoms with Crippen LogP contribution in [-0.4, -0.2) is 69.9 Å². The Morgan fingerprint density at radius 1 is 1.40 bits per heavy atom. The normalized spacial score (nSPS) is 20.1. The van der Waals surface area contributed by atoms with Crippen molar-refractivity contribution in [2.24, 2.45) is 5.92 Å². The van der Waals surface area contributed by atoms with Crippen LogP contribution in [0, 0.1) is 5.92 Å². The fourth-order valence-electron chi connectivity index (χ4n) is 2.23. The Hall–Kier alpha value is -0.700. The van der Waals surface area contributed by atoms with E-state index in [4.69, 9.17) is 4.74 Å². The largest absolute Gasteiger partial charge is 0.383 e. The van der Waals surface area contributed by atoms with E-state index in [2.05, 4.69) is 5.32 Å². The van der Waals surface area contributed by atoms with Crippen molar-refractivity contribution in [1.29, 1.82) is 0 Å². The number of carbonyl (C=O) groups excluding carboxylic acids is 1. The van der Waals surface area contributed by atoms with E-state index in [0.29, 0.717) is 32.5 Å². The number of methoxy groups -OCH3 is 1. The fourth-order valence-corrected chi connectivity index (χ4v) is 3.37. The monoisotopic (exact) mass is 307 g/mol. The van der Waals surface area contributed by atoms with Gasteiger partial charge in [-0.2, -0.15) is 17.0 Å². The van der Waals surface area contributed by atoms with Gasteiger partial charge in [-0.25, -0.2) is 0 Å². The molecule has 0 aromatic heterocycles. The first-order valence-electron chi connectivity index (χ1n) is 6.76. The highest BCUT2D eigenvalue weighted by Gasteiger charge is 2.32. The van der Waals surface area contributed by atoms with E-state index in [-0.39, 0.29) is 17.9 Å². The minimum atomic E-state index is -3.37. The Morgan fingerprint density at radius 2 is 1.95 bits per heavy atom. The Morgan fingerprint density at radius 3 is 2.40 bits per heavy atom. The predicted octanol–water partition coefficient (Wildman–Crippen LogP) is -0.344. The van der Waals surface area contributed by atoms with Gasteiger partial charge >= 0.3 is 0 Å². The highest BCUT2D eigenvalue weighted by atomic mass is 32.2. The van der Waals surface area contributed by atoms with Crippen LogP contribution in [-0.2, 0) is 19.7 Å². The molecule has 0 aromatic rings. The van der Waals surface area contributed by atoms with Gasteiger partial charge in [-0.15, -0.1) is 0 Å². The third-order valence-electron chi connectivity index (χ3n) is 3.42. The van der Waals surface area contributed by atoms with Gasteiger partial charge in [0.15, 0.2) is 0 Å². The second kappa shape index (κ2) is 7.35. The Labute approximate surface area is 121 Å². The average molecular weight is 307 g/mol. The van der Waals surface area contributed by atoms with Crippen molar-refractivity contribution in [3.63, 3.8) is 0 Å². The molecule has 0 radical (unpaired) electrons. The number of hydrogen-bond acceptors (Lipinski definition) is 4. The summed E-state index contributed by atoms with van der Waals surface area (Å²) in [7, 11) is 1.25. The van der Waals surface area contributed by atoms with Gasteiger partial charge in [0.2, 0.25) is 5.91 Å². The van der Waals surface area contributed by atoms with E-state index in [0.717, 1.165) is 0 Å². The van der Waals surface area contributed by atoms with E-state index in [1.807, 2.05) is 6.92 Å². The molecule has 1 atom stereocenters. The molecular formula is C12H25N3O4S. The van der Waals surface area contributed by atoms with Crippen molar-refractivity contribution < 1.29 is 17.9 Å². The maximum absolute atomic E-state index is 12.0. The van der Waals surface area contributed by atoms with Gasteiger partial charge in [0, 0.05) is 46.3 Å². The summed E-state index contributed by atoms with van der Waals surface area (Å²) < 4.78 is 31.5. The molecule has 118 valence electrons. The van der Waals surface area contributed by atoms with E-state index >= 15 is 0 Å². The summed E-state index contributed by atoms with van der Waals surface area (Å²) in [5.41, 5.74) is 0. The van der Waals surface area contributed by atoms with Gasteiger partial charge in [-0.3, -0.25) is 4.79 Å². The molecule has 1 aliphatic rings. The van der Waals surface area contributed by atoms with Gasteiger partial charge in [0.25, 0.3) is 10.2 Å². The molecule has 1 rings (SSSR count). The molecule has 0 saturated carbocycles. The summed E-state index contributed by atoms with van der Waals surface area (Å²) in [6, 6.07) is -0.0314. The molecule has 1 aliphatic heterocycles. The molecular weight excluding hydrogens is 282 g/mol. The maximum Gasteiger partial charge on any atom is 0.281 e. The maximum atomic E-state index is 12.0. The van der Waals surface area contributed by atoms with E-state index in [1.54, 1.807) is 7.11 Å². The van der Waals surface area contributed by atoms with Crippen LogP contribution in [0.2, 0.25) is 0 Å². The zero-order chi connectivity index (χ0) is 15.3. The van der Waals surface area contributed by atoms with Gasteiger partial charge < -0.3 is 10.1 Å². The molecule has 7 nitrogen and oxygen atoms in total. The van der Waals surface area contributed by atoms with Crippen LogP contribution in [0.4, 0.5) is 0 Å². The lowest BCUT2D eigenvalue weighted by Gasteiger charge is -2.32. The summed E-state index contributed by atoms with van der Waals surface area (Å²) in [5.74, 6) is -0.139. The molecule has 20 heavy (non-hydrogen) atoms. The van der Waals surface area contributed by atoms with Crippen LogP contribution < -0.4 is 5.32 Å².